The molecular weight excluding hydrogens is 287 g/mol. The summed E-state index contributed by atoms with van der Waals surface area (Å²) in [6, 6.07) is 7.95. The fraction of sp³-hybridized carbons (Fsp3) is 0.133. The lowest BCUT2D eigenvalue weighted by atomic mass is 9.97. The Morgan fingerprint density at radius 1 is 1.00 bits per heavy atom. The fourth-order valence-electron chi connectivity index (χ4n) is 2.42. The molecule has 3 rings (SSSR count). The van der Waals surface area contributed by atoms with Gasteiger partial charge < -0.3 is 0 Å². The summed E-state index contributed by atoms with van der Waals surface area (Å²) in [5, 5.41) is 2.90. The van der Waals surface area contributed by atoms with Gasteiger partial charge in [-0.3, -0.25) is 0 Å². The van der Waals surface area contributed by atoms with E-state index in [4.69, 9.17) is 11.6 Å². The predicted molar refractivity (Wildman–Crippen MR) is 74.0 cm³/mol. The average molecular weight is 296 g/mol. The van der Waals surface area contributed by atoms with E-state index in [1.807, 2.05) is 0 Å². The maximum absolute atomic E-state index is 13.0. The molecule has 0 aliphatic carbocycles. The fourth-order valence-corrected chi connectivity index (χ4v) is 2.64. The Kier molecular flexibility index (Phi) is 2.87. The summed E-state index contributed by atoms with van der Waals surface area (Å²) in [4.78, 5) is 3.95. The molecule has 1 aromatic heterocycles. The van der Waals surface area contributed by atoms with Crippen LogP contribution in [-0.2, 0) is 6.18 Å². The molecule has 0 radical (unpaired) electrons. The number of rotatable bonds is 0. The van der Waals surface area contributed by atoms with Crippen molar-refractivity contribution in [2.75, 3.05) is 0 Å². The minimum atomic E-state index is -4.36. The summed E-state index contributed by atoms with van der Waals surface area (Å²) in [5.74, 6) is 0. The van der Waals surface area contributed by atoms with E-state index in [9.17, 15) is 13.2 Å². The van der Waals surface area contributed by atoms with Gasteiger partial charge >= 0.3 is 6.18 Å². The van der Waals surface area contributed by atoms with Crippen molar-refractivity contribution >= 4 is 33.1 Å². The summed E-state index contributed by atoms with van der Waals surface area (Å²) in [6.45, 7) is 1.46. The summed E-state index contributed by atoms with van der Waals surface area (Å²) < 4.78 is 39.1. The predicted octanol–water partition coefficient (Wildman–Crippen LogP) is 5.37. The lowest BCUT2D eigenvalue weighted by Gasteiger charge is -2.13. The zero-order valence-corrected chi connectivity index (χ0v) is 11.2. The third-order valence-corrected chi connectivity index (χ3v) is 3.66. The van der Waals surface area contributed by atoms with E-state index in [1.54, 1.807) is 24.3 Å². The minimum Gasteiger partial charge on any atom is -0.244 e. The molecule has 1 heterocycles. The largest absolute Gasteiger partial charge is 0.416 e. The number of nitrogens with zero attached hydrogens (tertiary/aromatic N) is 1. The van der Waals surface area contributed by atoms with Crippen LogP contribution in [0.1, 0.15) is 11.1 Å². The summed E-state index contributed by atoms with van der Waals surface area (Å²) in [7, 11) is 0. The quantitative estimate of drug-likeness (QED) is 0.401. The number of halogens is 4. The molecule has 102 valence electrons. The first-order valence-electron chi connectivity index (χ1n) is 5.93. The van der Waals surface area contributed by atoms with Crippen LogP contribution in [0.15, 0.2) is 36.5 Å². The van der Waals surface area contributed by atoms with Gasteiger partial charge in [0, 0.05) is 11.6 Å². The van der Waals surface area contributed by atoms with Crippen molar-refractivity contribution in [3.63, 3.8) is 0 Å². The third kappa shape index (κ3) is 2.00. The minimum absolute atomic E-state index is 0.213. The lowest BCUT2D eigenvalue weighted by Crippen LogP contribution is -2.07. The molecule has 0 fully saturated rings. The molecule has 0 N–H and O–H groups in total. The van der Waals surface area contributed by atoms with Crippen LogP contribution in [0.25, 0.3) is 21.5 Å². The van der Waals surface area contributed by atoms with Crippen LogP contribution < -0.4 is 0 Å². The molecule has 0 spiro atoms. The Morgan fingerprint density at radius 2 is 1.75 bits per heavy atom. The number of aromatic nitrogens is 1. The third-order valence-electron chi connectivity index (χ3n) is 3.36. The van der Waals surface area contributed by atoms with Crippen molar-refractivity contribution in [2.24, 2.45) is 0 Å². The smallest absolute Gasteiger partial charge is 0.244 e. The van der Waals surface area contributed by atoms with Gasteiger partial charge in [-0.1, -0.05) is 29.8 Å². The lowest BCUT2D eigenvalue weighted by molar-refractivity contribution is -0.137. The van der Waals surface area contributed by atoms with E-state index in [-0.39, 0.29) is 5.56 Å². The molecule has 0 unspecified atom stereocenters. The second-order valence-electron chi connectivity index (χ2n) is 4.65. The van der Waals surface area contributed by atoms with E-state index >= 15 is 0 Å². The molecule has 20 heavy (non-hydrogen) atoms. The first-order chi connectivity index (χ1) is 9.38. The molecule has 0 amide bonds. The molecule has 0 saturated heterocycles. The van der Waals surface area contributed by atoms with Crippen LogP contribution in [0, 0.1) is 6.92 Å². The first kappa shape index (κ1) is 13.2. The molecule has 0 saturated carbocycles. The summed E-state index contributed by atoms with van der Waals surface area (Å²) >= 11 is 5.99. The highest BCUT2D eigenvalue weighted by atomic mass is 35.5. The monoisotopic (exact) mass is 295 g/mol. The van der Waals surface area contributed by atoms with Crippen molar-refractivity contribution < 1.29 is 13.2 Å². The molecular formula is C15H9ClF3N. The number of aryl methyl sites for hydroxylation is 1. The number of alkyl halides is 3. The van der Waals surface area contributed by atoms with Crippen LogP contribution in [-0.4, -0.2) is 4.98 Å². The van der Waals surface area contributed by atoms with Gasteiger partial charge in [0.25, 0.3) is 0 Å². The second-order valence-corrected chi connectivity index (χ2v) is 5.01. The van der Waals surface area contributed by atoms with E-state index in [0.29, 0.717) is 21.3 Å². The normalized spacial score (nSPS) is 12.2. The molecule has 0 aliphatic rings. The molecule has 2 aromatic carbocycles. The van der Waals surface area contributed by atoms with Crippen LogP contribution in [0.5, 0.6) is 0 Å². The Bertz CT molecular complexity index is 825. The number of benzene rings is 2. The van der Waals surface area contributed by atoms with Gasteiger partial charge in [0.2, 0.25) is 0 Å². The second kappa shape index (κ2) is 4.35. The van der Waals surface area contributed by atoms with Gasteiger partial charge in [-0.05, 0) is 40.8 Å². The van der Waals surface area contributed by atoms with Crippen LogP contribution in [0.2, 0.25) is 5.15 Å². The number of fused-ring (bicyclic) bond motifs is 3. The SMILES string of the molecule is Cc1cc2ccc3c(Cl)nccc3c2cc1C(F)(F)F. The zero-order chi connectivity index (χ0) is 14.5. The van der Waals surface area contributed by atoms with E-state index in [1.165, 1.54) is 19.2 Å². The number of hydrogen-bond acceptors (Lipinski definition) is 1. The number of hydrogen-bond donors (Lipinski definition) is 0. The van der Waals surface area contributed by atoms with Crippen molar-refractivity contribution in [2.45, 2.75) is 13.1 Å². The van der Waals surface area contributed by atoms with Crippen LogP contribution in [0.4, 0.5) is 13.2 Å². The Balaban J connectivity index is 2.47. The van der Waals surface area contributed by atoms with Gasteiger partial charge in [-0.2, -0.15) is 13.2 Å². The maximum atomic E-state index is 13.0. The van der Waals surface area contributed by atoms with Gasteiger partial charge in [0.1, 0.15) is 5.15 Å². The van der Waals surface area contributed by atoms with Gasteiger partial charge in [-0.25, -0.2) is 4.98 Å². The molecule has 5 heteroatoms. The molecule has 1 nitrogen and oxygen atoms in total. The highest BCUT2D eigenvalue weighted by Crippen LogP contribution is 2.37. The van der Waals surface area contributed by atoms with E-state index in [0.717, 1.165) is 5.39 Å². The molecule has 0 aliphatic heterocycles. The molecule has 0 bridgehead atoms. The zero-order valence-electron chi connectivity index (χ0n) is 10.4. The standard InChI is InChI=1S/C15H9ClF3N/c1-8-6-9-2-3-11-10(4-5-20-14(11)16)12(9)7-13(8)15(17,18)19/h2-7H,1H3. The molecule has 0 atom stereocenters. The topological polar surface area (TPSA) is 12.9 Å². The highest BCUT2D eigenvalue weighted by Gasteiger charge is 2.32. The number of pyridine rings is 1. The van der Waals surface area contributed by atoms with Crippen molar-refractivity contribution in [3.8, 4) is 0 Å². The van der Waals surface area contributed by atoms with Crippen molar-refractivity contribution in [1.29, 1.82) is 0 Å². The van der Waals surface area contributed by atoms with E-state index < -0.39 is 11.7 Å². The molecule has 3 aromatic rings. The first-order valence-corrected chi connectivity index (χ1v) is 6.30. The van der Waals surface area contributed by atoms with E-state index in [2.05, 4.69) is 4.98 Å². The maximum Gasteiger partial charge on any atom is 0.416 e. The summed E-state index contributed by atoms with van der Waals surface area (Å²) in [5.41, 5.74) is -0.407. The van der Waals surface area contributed by atoms with Crippen LogP contribution >= 0.6 is 11.6 Å². The highest BCUT2D eigenvalue weighted by molar-refractivity contribution is 6.35. The Morgan fingerprint density at radius 3 is 2.45 bits per heavy atom. The van der Waals surface area contributed by atoms with Crippen molar-refractivity contribution in [3.05, 3.63) is 52.8 Å². The summed E-state index contributed by atoms with van der Waals surface area (Å²) in [6.07, 6.45) is -2.87. The van der Waals surface area contributed by atoms with Gasteiger partial charge in [-0.15, -0.1) is 0 Å². The van der Waals surface area contributed by atoms with Gasteiger partial charge in [0.15, 0.2) is 0 Å². The Labute approximate surface area is 118 Å². The Hall–Kier alpha value is -1.81. The van der Waals surface area contributed by atoms with Crippen LogP contribution in [0.3, 0.4) is 0 Å². The van der Waals surface area contributed by atoms with Crippen molar-refractivity contribution in [1.82, 2.24) is 4.98 Å². The average Bonchev–Trinajstić information content (AvgIpc) is 2.36. The van der Waals surface area contributed by atoms with Gasteiger partial charge in [0.05, 0.1) is 5.56 Å².